The minimum atomic E-state index is -1.35. The van der Waals surface area contributed by atoms with Gasteiger partial charge < -0.3 is 27.1 Å². The molecule has 4 fully saturated rings. The second-order valence-corrected chi connectivity index (χ2v) is 17.6. The Morgan fingerprint density at radius 1 is 0.568 bits per heavy atom. The lowest BCUT2D eigenvalue weighted by molar-refractivity contribution is -0.103. The van der Waals surface area contributed by atoms with Gasteiger partial charge in [0.05, 0.1) is 44.1 Å². The second-order valence-electron chi connectivity index (χ2n) is 15.2. The number of rotatable bonds is 4. The maximum Gasteiger partial charge on any atom is 0.332 e. The molecular weight excluding hydrogens is 506 g/mol. The van der Waals surface area contributed by atoms with E-state index in [9.17, 15) is 0 Å². The molecule has 2 aliphatic heterocycles. The summed E-state index contributed by atoms with van der Waals surface area (Å²) in [5, 5.41) is 0. The van der Waals surface area contributed by atoms with E-state index in [0.29, 0.717) is 50.1 Å². The minimum absolute atomic E-state index is 0.174. The van der Waals surface area contributed by atoms with Crippen molar-refractivity contribution in [2.45, 2.75) is 107 Å². The van der Waals surface area contributed by atoms with Crippen LogP contribution < -0.4 is 0 Å². The van der Waals surface area contributed by atoms with E-state index in [1.165, 1.54) is 25.7 Å². The van der Waals surface area contributed by atoms with Gasteiger partial charge in [0.1, 0.15) is 0 Å². The fraction of sp³-hybridized carbons (Fsp3) is 1.00. The molecule has 2 saturated heterocycles. The van der Waals surface area contributed by atoms with E-state index < -0.39 is 17.2 Å². The van der Waals surface area contributed by atoms with Crippen molar-refractivity contribution in [2.75, 3.05) is 26.4 Å². The highest BCUT2D eigenvalue weighted by Crippen LogP contribution is 2.58. The SMILES string of the molecule is CC1CC(C)C(OP2OCC3(CO2)COP(OC2C(C)CC(C)CC2C(C)(C)C)OC3)C(C(C)(C)C)C1. The van der Waals surface area contributed by atoms with Crippen molar-refractivity contribution in [3.63, 3.8) is 0 Å². The second kappa shape index (κ2) is 11.8. The molecule has 0 aromatic rings. The maximum absolute atomic E-state index is 6.57. The van der Waals surface area contributed by atoms with Crippen LogP contribution in [0.25, 0.3) is 0 Å². The molecule has 2 heterocycles. The van der Waals surface area contributed by atoms with Crippen LogP contribution in [0.3, 0.4) is 0 Å². The first-order valence-electron chi connectivity index (χ1n) is 14.6. The van der Waals surface area contributed by atoms with Gasteiger partial charge in [-0.05, 0) is 72.0 Å². The Labute approximate surface area is 229 Å². The fourth-order valence-corrected chi connectivity index (χ4v) is 10.1. The van der Waals surface area contributed by atoms with E-state index in [-0.39, 0.29) is 28.5 Å². The summed E-state index contributed by atoms with van der Waals surface area (Å²) >= 11 is 0. The van der Waals surface area contributed by atoms with Gasteiger partial charge in [-0.3, -0.25) is 0 Å². The third-order valence-corrected chi connectivity index (χ3v) is 11.5. The van der Waals surface area contributed by atoms with E-state index >= 15 is 0 Å². The molecular formula is C29H54O6P2. The van der Waals surface area contributed by atoms with Gasteiger partial charge in [-0.1, -0.05) is 69.2 Å². The topological polar surface area (TPSA) is 55.4 Å². The highest BCUT2D eigenvalue weighted by atomic mass is 31.2. The molecule has 0 aromatic heterocycles. The summed E-state index contributed by atoms with van der Waals surface area (Å²) in [5.74, 6) is 3.47. The van der Waals surface area contributed by atoms with Crippen molar-refractivity contribution < 1.29 is 27.1 Å². The molecule has 8 atom stereocenters. The minimum Gasteiger partial charge on any atom is -0.311 e. The Hall–Kier alpha value is 0.620. The molecule has 8 unspecified atom stereocenters. The van der Waals surface area contributed by atoms with Gasteiger partial charge in [0.15, 0.2) is 0 Å². The molecule has 2 aliphatic carbocycles. The van der Waals surface area contributed by atoms with Gasteiger partial charge in [-0.25, -0.2) is 0 Å². The molecule has 0 radical (unpaired) electrons. The Balaban J connectivity index is 1.28. The predicted molar refractivity (Wildman–Crippen MR) is 151 cm³/mol. The monoisotopic (exact) mass is 560 g/mol. The first-order chi connectivity index (χ1) is 17.2. The molecule has 0 bridgehead atoms. The predicted octanol–water partition coefficient (Wildman–Crippen LogP) is 8.75. The van der Waals surface area contributed by atoms with Crippen LogP contribution in [0.2, 0.25) is 0 Å². The summed E-state index contributed by atoms with van der Waals surface area (Å²) in [6.45, 7) is 25.6. The molecule has 8 heteroatoms. The number of hydrogen-bond donors (Lipinski definition) is 0. The molecule has 6 nitrogen and oxygen atoms in total. The Morgan fingerprint density at radius 2 is 0.892 bits per heavy atom. The van der Waals surface area contributed by atoms with E-state index in [0.717, 1.165) is 11.8 Å². The normalized spacial score (nSPS) is 46.2. The van der Waals surface area contributed by atoms with Crippen molar-refractivity contribution in [1.82, 2.24) is 0 Å². The van der Waals surface area contributed by atoms with Crippen molar-refractivity contribution in [1.29, 1.82) is 0 Å². The molecule has 2 saturated carbocycles. The van der Waals surface area contributed by atoms with Gasteiger partial charge in [0.2, 0.25) is 0 Å². The molecule has 216 valence electrons. The summed E-state index contributed by atoms with van der Waals surface area (Å²) < 4.78 is 38.0. The zero-order chi connectivity index (χ0) is 27.2. The zero-order valence-electron chi connectivity index (χ0n) is 25.1. The van der Waals surface area contributed by atoms with Crippen LogP contribution in [-0.2, 0) is 27.1 Å². The maximum atomic E-state index is 6.57. The lowest BCUT2D eigenvalue weighted by atomic mass is 9.65. The smallest absolute Gasteiger partial charge is 0.311 e. The Bertz CT molecular complexity index is 670. The van der Waals surface area contributed by atoms with Crippen molar-refractivity contribution in [3.05, 3.63) is 0 Å². The molecule has 37 heavy (non-hydrogen) atoms. The van der Waals surface area contributed by atoms with Crippen LogP contribution >= 0.6 is 17.2 Å². The first kappa shape index (κ1) is 30.6. The van der Waals surface area contributed by atoms with E-state index in [4.69, 9.17) is 27.1 Å². The standard InChI is InChI=1S/C29H54O6P2/c1-19-11-21(3)25(23(13-19)27(5,6)7)34-36-30-15-29(16-31-36)17-32-37(33-18-29)35-26-22(4)12-20(2)14-24(26)28(8,9)10/h19-26H,11-18H2,1-10H3. The van der Waals surface area contributed by atoms with Crippen molar-refractivity contribution >= 4 is 17.2 Å². The third kappa shape index (κ3) is 7.48. The van der Waals surface area contributed by atoms with Crippen molar-refractivity contribution in [2.24, 2.45) is 51.8 Å². The first-order valence-corrected chi connectivity index (χ1v) is 16.8. The molecule has 1 spiro atoms. The Morgan fingerprint density at radius 3 is 1.19 bits per heavy atom. The van der Waals surface area contributed by atoms with Crippen LogP contribution in [0.15, 0.2) is 0 Å². The van der Waals surface area contributed by atoms with Gasteiger partial charge in [-0.15, -0.1) is 0 Å². The largest absolute Gasteiger partial charge is 0.332 e. The zero-order valence-corrected chi connectivity index (χ0v) is 26.9. The van der Waals surface area contributed by atoms with E-state index in [1.54, 1.807) is 0 Å². The molecule has 4 rings (SSSR count). The average Bonchev–Trinajstić information content (AvgIpc) is 2.78. The van der Waals surface area contributed by atoms with E-state index in [1.807, 2.05) is 0 Å². The summed E-state index contributed by atoms with van der Waals surface area (Å²) in [4.78, 5) is 0. The molecule has 0 N–H and O–H groups in total. The lowest BCUT2D eigenvalue weighted by Gasteiger charge is -2.48. The Kier molecular flexibility index (Phi) is 9.79. The van der Waals surface area contributed by atoms with Crippen molar-refractivity contribution in [3.8, 4) is 0 Å². The summed E-state index contributed by atoms with van der Waals surface area (Å²) in [7, 11) is -2.70. The van der Waals surface area contributed by atoms with Gasteiger partial charge in [0.25, 0.3) is 0 Å². The van der Waals surface area contributed by atoms with Gasteiger partial charge >= 0.3 is 17.2 Å². The summed E-state index contributed by atoms with van der Waals surface area (Å²) in [6, 6.07) is 0. The summed E-state index contributed by atoms with van der Waals surface area (Å²) in [5.41, 5.74) is 0.112. The van der Waals surface area contributed by atoms with E-state index in [2.05, 4.69) is 69.2 Å². The molecule has 0 amide bonds. The molecule has 0 aromatic carbocycles. The van der Waals surface area contributed by atoms with Crippen LogP contribution in [-0.4, -0.2) is 38.6 Å². The highest BCUT2D eigenvalue weighted by Gasteiger charge is 2.49. The number of hydrogen-bond acceptors (Lipinski definition) is 6. The average molecular weight is 561 g/mol. The lowest BCUT2D eigenvalue weighted by Crippen LogP contribution is -2.47. The van der Waals surface area contributed by atoms with Crippen LogP contribution in [0.1, 0.15) is 94.9 Å². The third-order valence-electron chi connectivity index (χ3n) is 9.32. The highest BCUT2D eigenvalue weighted by molar-refractivity contribution is 7.42. The van der Waals surface area contributed by atoms with Crippen LogP contribution in [0.5, 0.6) is 0 Å². The summed E-state index contributed by atoms with van der Waals surface area (Å²) in [6.07, 6.45) is 5.14. The van der Waals surface area contributed by atoms with Gasteiger partial charge in [-0.2, -0.15) is 0 Å². The fourth-order valence-electron chi connectivity index (χ4n) is 7.11. The quantitative estimate of drug-likeness (QED) is 0.321. The van der Waals surface area contributed by atoms with Crippen LogP contribution in [0.4, 0.5) is 0 Å². The van der Waals surface area contributed by atoms with Crippen LogP contribution in [0, 0.1) is 51.8 Å². The van der Waals surface area contributed by atoms with Gasteiger partial charge in [0, 0.05) is 0 Å². The molecule has 4 aliphatic rings.